The number of carbonyl (C=O) groups excluding carboxylic acids is 1. The van der Waals surface area contributed by atoms with Crippen molar-refractivity contribution in [3.8, 4) is 0 Å². The zero-order chi connectivity index (χ0) is 12.7. The smallest absolute Gasteiger partial charge is 0.319 e. The van der Waals surface area contributed by atoms with Crippen molar-refractivity contribution in [3.05, 3.63) is 0 Å². The standard InChI is InChI=1S/C11H21IN2O3/c1-3-14-4-5-17-9(8-14)6-13-7-10(12)11(15)16-2/h9-10,13H,3-8H2,1-2H3. The van der Waals surface area contributed by atoms with Crippen LogP contribution in [0.15, 0.2) is 0 Å². The summed E-state index contributed by atoms with van der Waals surface area (Å²) in [5.41, 5.74) is 0. The van der Waals surface area contributed by atoms with Gasteiger partial charge < -0.3 is 14.8 Å². The second-order valence-electron chi connectivity index (χ2n) is 4.03. The van der Waals surface area contributed by atoms with Crippen LogP contribution in [0.25, 0.3) is 0 Å². The fraction of sp³-hybridized carbons (Fsp3) is 0.909. The number of hydrogen-bond donors (Lipinski definition) is 1. The molecule has 0 spiro atoms. The average molecular weight is 356 g/mol. The number of esters is 1. The van der Waals surface area contributed by atoms with Crippen LogP contribution in [0, 0.1) is 0 Å². The van der Waals surface area contributed by atoms with Crippen LogP contribution >= 0.6 is 22.6 Å². The molecule has 2 unspecified atom stereocenters. The lowest BCUT2D eigenvalue weighted by Crippen LogP contribution is -2.47. The molecule has 2 atom stereocenters. The Balaban J connectivity index is 2.15. The summed E-state index contributed by atoms with van der Waals surface area (Å²) in [6.07, 6.45) is 0.227. The molecule has 1 aliphatic rings. The van der Waals surface area contributed by atoms with E-state index in [1.54, 1.807) is 0 Å². The van der Waals surface area contributed by atoms with E-state index in [1.165, 1.54) is 7.11 Å². The van der Waals surface area contributed by atoms with Gasteiger partial charge in [0.05, 0.1) is 19.8 Å². The third-order valence-corrected chi connectivity index (χ3v) is 3.77. The second-order valence-corrected chi connectivity index (χ2v) is 5.54. The molecule has 17 heavy (non-hydrogen) atoms. The summed E-state index contributed by atoms with van der Waals surface area (Å²) < 4.78 is 10.2. The Kier molecular flexibility index (Phi) is 7.33. The molecule has 0 saturated carbocycles. The van der Waals surface area contributed by atoms with E-state index in [4.69, 9.17) is 4.74 Å². The number of likely N-dealkylation sites (N-methyl/N-ethyl adjacent to an activating group) is 1. The molecule has 1 N–H and O–H groups in total. The van der Waals surface area contributed by atoms with Crippen molar-refractivity contribution in [2.24, 2.45) is 0 Å². The largest absolute Gasteiger partial charge is 0.468 e. The Hall–Kier alpha value is 0.0800. The zero-order valence-electron chi connectivity index (χ0n) is 10.4. The number of rotatable bonds is 6. The van der Waals surface area contributed by atoms with Gasteiger partial charge in [0.2, 0.25) is 0 Å². The van der Waals surface area contributed by atoms with Crippen molar-refractivity contribution in [1.29, 1.82) is 0 Å². The first-order valence-electron chi connectivity index (χ1n) is 5.94. The predicted octanol–water partition coefficient (Wildman–Crippen LogP) is 0.273. The van der Waals surface area contributed by atoms with Gasteiger partial charge in [0.25, 0.3) is 0 Å². The normalized spacial score (nSPS) is 23.4. The van der Waals surface area contributed by atoms with Gasteiger partial charge in [-0.05, 0) is 6.54 Å². The first kappa shape index (κ1) is 15.1. The Morgan fingerprint density at radius 1 is 1.71 bits per heavy atom. The molecule has 0 radical (unpaired) electrons. The maximum absolute atomic E-state index is 11.2. The first-order chi connectivity index (χ1) is 8.17. The summed E-state index contributed by atoms with van der Waals surface area (Å²) in [7, 11) is 1.41. The maximum Gasteiger partial charge on any atom is 0.319 e. The summed E-state index contributed by atoms with van der Waals surface area (Å²) in [6, 6.07) is 0. The van der Waals surface area contributed by atoms with E-state index < -0.39 is 0 Å². The number of halogens is 1. The van der Waals surface area contributed by atoms with Gasteiger partial charge in [0.15, 0.2) is 0 Å². The lowest BCUT2D eigenvalue weighted by molar-refractivity contribution is -0.139. The minimum absolute atomic E-state index is 0.136. The number of morpholine rings is 1. The molecule has 5 nitrogen and oxygen atoms in total. The molecule has 100 valence electrons. The van der Waals surface area contributed by atoms with Gasteiger partial charge in [-0.3, -0.25) is 9.69 Å². The summed E-state index contributed by atoms with van der Waals surface area (Å²) in [5, 5.41) is 3.25. The molecule has 1 aliphatic heterocycles. The number of nitrogens with zero attached hydrogens (tertiary/aromatic N) is 1. The van der Waals surface area contributed by atoms with Crippen LogP contribution in [-0.4, -0.2) is 67.3 Å². The molecule has 1 heterocycles. The van der Waals surface area contributed by atoms with Crippen LogP contribution in [0.4, 0.5) is 0 Å². The minimum atomic E-state index is -0.183. The highest BCUT2D eigenvalue weighted by Crippen LogP contribution is 2.05. The van der Waals surface area contributed by atoms with Gasteiger partial charge in [-0.25, -0.2) is 0 Å². The van der Waals surface area contributed by atoms with E-state index in [2.05, 4.69) is 44.5 Å². The third kappa shape index (κ3) is 5.50. The summed E-state index contributed by atoms with van der Waals surface area (Å²) in [6.45, 7) is 7.42. The van der Waals surface area contributed by atoms with E-state index in [-0.39, 0.29) is 16.0 Å². The SMILES string of the molecule is CCN1CCOC(CNCC(I)C(=O)OC)C1. The van der Waals surface area contributed by atoms with E-state index in [1.807, 2.05) is 0 Å². The van der Waals surface area contributed by atoms with Crippen molar-refractivity contribution in [2.75, 3.05) is 46.4 Å². The fourth-order valence-electron chi connectivity index (χ4n) is 1.77. The van der Waals surface area contributed by atoms with Gasteiger partial charge in [0, 0.05) is 26.2 Å². The van der Waals surface area contributed by atoms with Crippen LogP contribution < -0.4 is 5.32 Å². The number of nitrogens with one attached hydrogen (secondary N) is 1. The highest BCUT2D eigenvalue weighted by atomic mass is 127. The highest BCUT2D eigenvalue weighted by molar-refractivity contribution is 14.1. The van der Waals surface area contributed by atoms with Gasteiger partial charge in [-0.2, -0.15) is 0 Å². The number of hydrogen-bond acceptors (Lipinski definition) is 5. The molecular weight excluding hydrogens is 335 g/mol. The van der Waals surface area contributed by atoms with Crippen molar-refractivity contribution < 1.29 is 14.3 Å². The van der Waals surface area contributed by atoms with Crippen molar-refractivity contribution in [1.82, 2.24) is 10.2 Å². The lowest BCUT2D eigenvalue weighted by atomic mass is 10.2. The number of ether oxygens (including phenoxy) is 2. The molecule has 0 aromatic carbocycles. The Morgan fingerprint density at radius 2 is 2.47 bits per heavy atom. The maximum atomic E-state index is 11.2. The molecule has 1 fully saturated rings. The zero-order valence-corrected chi connectivity index (χ0v) is 12.6. The predicted molar refractivity (Wildman–Crippen MR) is 74.5 cm³/mol. The Morgan fingerprint density at radius 3 is 3.12 bits per heavy atom. The van der Waals surface area contributed by atoms with E-state index >= 15 is 0 Å². The van der Waals surface area contributed by atoms with Gasteiger partial charge in [-0.15, -0.1) is 0 Å². The molecule has 1 saturated heterocycles. The van der Waals surface area contributed by atoms with Crippen LogP contribution in [-0.2, 0) is 14.3 Å². The monoisotopic (exact) mass is 356 g/mol. The molecule has 0 bridgehead atoms. The van der Waals surface area contributed by atoms with Crippen LogP contribution in [0.3, 0.4) is 0 Å². The number of carbonyl (C=O) groups is 1. The van der Waals surface area contributed by atoms with E-state index in [9.17, 15) is 4.79 Å². The van der Waals surface area contributed by atoms with Gasteiger partial charge in [-0.1, -0.05) is 29.5 Å². The number of alkyl halides is 1. The van der Waals surface area contributed by atoms with Crippen LogP contribution in [0.2, 0.25) is 0 Å². The molecule has 0 aromatic rings. The van der Waals surface area contributed by atoms with Crippen molar-refractivity contribution >= 4 is 28.6 Å². The lowest BCUT2D eigenvalue weighted by Gasteiger charge is -2.32. The van der Waals surface area contributed by atoms with Gasteiger partial charge in [0.1, 0.15) is 3.92 Å². The molecule has 0 aliphatic carbocycles. The Labute approximate surface area is 116 Å². The van der Waals surface area contributed by atoms with Crippen LogP contribution in [0.1, 0.15) is 6.92 Å². The highest BCUT2D eigenvalue weighted by Gasteiger charge is 2.20. The van der Waals surface area contributed by atoms with Gasteiger partial charge >= 0.3 is 5.97 Å². The third-order valence-electron chi connectivity index (χ3n) is 2.82. The topological polar surface area (TPSA) is 50.8 Å². The average Bonchev–Trinajstić information content (AvgIpc) is 2.37. The fourth-order valence-corrected chi connectivity index (χ4v) is 2.34. The molecule has 0 amide bonds. The summed E-state index contributed by atoms with van der Waals surface area (Å²) in [4.78, 5) is 13.6. The number of methoxy groups -OCH3 is 1. The molecule has 6 heteroatoms. The Bertz CT molecular complexity index is 241. The summed E-state index contributed by atoms with van der Waals surface area (Å²) >= 11 is 2.08. The second kappa shape index (κ2) is 8.23. The van der Waals surface area contributed by atoms with Crippen molar-refractivity contribution in [3.63, 3.8) is 0 Å². The van der Waals surface area contributed by atoms with Crippen molar-refractivity contribution in [2.45, 2.75) is 17.0 Å². The quantitative estimate of drug-likeness (QED) is 0.421. The van der Waals surface area contributed by atoms with Crippen LogP contribution in [0.5, 0.6) is 0 Å². The first-order valence-corrected chi connectivity index (χ1v) is 7.18. The van der Waals surface area contributed by atoms with E-state index in [0.717, 1.165) is 32.8 Å². The molecule has 0 aromatic heterocycles. The minimum Gasteiger partial charge on any atom is -0.468 e. The van der Waals surface area contributed by atoms with E-state index in [0.29, 0.717) is 6.54 Å². The summed E-state index contributed by atoms with van der Waals surface area (Å²) in [5.74, 6) is -0.183. The molecule has 1 rings (SSSR count). The molecular formula is C11H21IN2O3.